The molecule has 0 spiro atoms. The Hall–Kier alpha value is -1.77. The molecule has 2 aromatic rings. The molecule has 0 saturated carbocycles. The van der Waals surface area contributed by atoms with Gasteiger partial charge < -0.3 is 5.32 Å². The minimum Gasteiger partial charge on any atom is -0.316 e. The summed E-state index contributed by atoms with van der Waals surface area (Å²) in [5.74, 6) is 0. The van der Waals surface area contributed by atoms with E-state index >= 15 is 0 Å². The van der Waals surface area contributed by atoms with Gasteiger partial charge in [-0.05, 0) is 24.7 Å². The lowest BCUT2D eigenvalue weighted by Crippen LogP contribution is -2.24. The van der Waals surface area contributed by atoms with Crippen molar-refractivity contribution in [1.29, 1.82) is 0 Å². The second-order valence-electron chi connectivity index (χ2n) is 4.34. The summed E-state index contributed by atoms with van der Waals surface area (Å²) in [5, 5.41) is 7.09. The van der Waals surface area contributed by atoms with Gasteiger partial charge in [-0.1, -0.05) is 6.07 Å². The molecule has 0 atom stereocenters. The van der Waals surface area contributed by atoms with Crippen molar-refractivity contribution in [3.8, 4) is 0 Å². The average Bonchev–Trinajstić information content (AvgIpc) is 2.84. The summed E-state index contributed by atoms with van der Waals surface area (Å²) in [5.41, 5.74) is 1.58. The van der Waals surface area contributed by atoms with Crippen LogP contribution >= 0.6 is 0 Å². The standard InChI is InChI=1S/C12H17N5O2S/c1-13-7-10-3-4-12(14-8-10)20(18,19)15-9-11-5-6-17(2)16-11/h3-6,8,13,15H,7,9H2,1-2H3. The van der Waals surface area contributed by atoms with Gasteiger partial charge in [0.05, 0.1) is 12.2 Å². The highest BCUT2D eigenvalue weighted by atomic mass is 32.2. The van der Waals surface area contributed by atoms with Crippen LogP contribution in [0.4, 0.5) is 0 Å². The number of pyridine rings is 1. The van der Waals surface area contributed by atoms with E-state index in [4.69, 9.17) is 0 Å². The maximum atomic E-state index is 12.1. The lowest BCUT2D eigenvalue weighted by molar-refractivity contribution is 0.575. The van der Waals surface area contributed by atoms with E-state index in [-0.39, 0.29) is 11.6 Å². The van der Waals surface area contributed by atoms with Gasteiger partial charge in [0.15, 0.2) is 5.03 Å². The van der Waals surface area contributed by atoms with E-state index in [2.05, 4.69) is 20.1 Å². The third-order valence-corrected chi connectivity index (χ3v) is 3.98. The van der Waals surface area contributed by atoms with Crippen LogP contribution in [0.1, 0.15) is 11.3 Å². The van der Waals surface area contributed by atoms with Gasteiger partial charge in [-0.15, -0.1) is 0 Å². The van der Waals surface area contributed by atoms with Crippen LogP contribution in [0.15, 0.2) is 35.6 Å². The molecule has 2 heterocycles. The second kappa shape index (κ2) is 6.12. The number of hydrogen-bond acceptors (Lipinski definition) is 5. The maximum Gasteiger partial charge on any atom is 0.258 e. The summed E-state index contributed by atoms with van der Waals surface area (Å²) in [6.07, 6.45) is 3.31. The van der Waals surface area contributed by atoms with Gasteiger partial charge in [-0.25, -0.2) is 18.1 Å². The van der Waals surface area contributed by atoms with E-state index in [9.17, 15) is 8.42 Å². The summed E-state index contributed by atoms with van der Waals surface area (Å²) < 4.78 is 28.2. The number of aryl methyl sites for hydroxylation is 1. The number of hydrogen-bond donors (Lipinski definition) is 2. The van der Waals surface area contributed by atoms with Crippen molar-refractivity contribution in [3.05, 3.63) is 41.9 Å². The number of nitrogens with one attached hydrogen (secondary N) is 2. The summed E-state index contributed by atoms with van der Waals surface area (Å²) in [4.78, 5) is 3.97. The van der Waals surface area contributed by atoms with Crippen molar-refractivity contribution >= 4 is 10.0 Å². The van der Waals surface area contributed by atoms with Crippen LogP contribution in [0, 0.1) is 0 Å². The first-order chi connectivity index (χ1) is 9.51. The topological polar surface area (TPSA) is 88.9 Å². The first kappa shape index (κ1) is 14.6. The normalized spacial score (nSPS) is 11.7. The van der Waals surface area contributed by atoms with Crippen molar-refractivity contribution in [1.82, 2.24) is 24.8 Å². The summed E-state index contributed by atoms with van der Waals surface area (Å²) in [7, 11) is -0.0154. The fraction of sp³-hybridized carbons (Fsp3) is 0.333. The molecule has 2 rings (SSSR count). The molecule has 2 N–H and O–H groups in total. The van der Waals surface area contributed by atoms with Crippen LogP contribution in [0.3, 0.4) is 0 Å². The molecule has 0 aliphatic heterocycles. The Kier molecular flexibility index (Phi) is 4.48. The molecule has 0 unspecified atom stereocenters. The summed E-state index contributed by atoms with van der Waals surface area (Å²) in [6, 6.07) is 4.98. The molecule has 0 aromatic carbocycles. The Bertz CT molecular complexity index is 663. The van der Waals surface area contributed by atoms with Gasteiger partial charge in [0, 0.05) is 26.0 Å². The molecule has 8 heteroatoms. The fourth-order valence-corrected chi connectivity index (χ4v) is 2.60. The zero-order valence-corrected chi connectivity index (χ0v) is 12.2. The molecule has 0 saturated heterocycles. The van der Waals surface area contributed by atoms with Crippen molar-refractivity contribution in [2.45, 2.75) is 18.1 Å². The SMILES string of the molecule is CNCc1ccc(S(=O)(=O)NCc2ccn(C)n2)nc1. The van der Waals surface area contributed by atoms with Gasteiger partial charge in [-0.3, -0.25) is 4.68 Å². The third kappa shape index (κ3) is 3.62. The Labute approximate surface area is 118 Å². The lowest BCUT2D eigenvalue weighted by Gasteiger charge is -2.05. The van der Waals surface area contributed by atoms with Gasteiger partial charge in [-0.2, -0.15) is 5.10 Å². The predicted molar refractivity (Wildman–Crippen MR) is 74.2 cm³/mol. The zero-order chi connectivity index (χ0) is 14.6. The number of nitrogens with zero attached hydrogens (tertiary/aromatic N) is 3. The van der Waals surface area contributed by atoms with Gasteiger partial charge in [0.25, 0.3) is 10.0 Å². The Morgan fingerprint density at radius 1 is 1.25 bits per heavy atom. The van der Waals surface area contributed by atoms with E-state index in [1.165, 1.54) is 6.07 Å². The van der Waals surface area contributed by atoms with Crippen LogP contribution in [-0.4, -0.2) is 30.2 Å². The van der Waals surface area contributed by atoms with Crippen molar-refractivity contribution in [3.63, 3.8) is 0 Å². The molecule has 0 bridgehead atoms. The Balaban J connectivity index is 2.05. The molecule has 0 radical (unpaired) electrons. The predicted octanol–water partition coefficient (Wildman–Crippen LogP) is 0.0130. The van der Waals surface area contributed by atoms with Crippen LogP contribution in [0.25, 0.3) is 0 Å². The highest BCUT2D eigenvalue weighted by Gasteiger charge is 2.15. The smallest absolute Gasteiger partial charge is 0.258 e. The van der Waals surface area contributed by atoms with Crippen molar-refractivity contribution in [2.75, 3.05) is 7.05 Å². The van der Waals surface area contributed by atoms with E-state index in [1.807, 2.05) is 7.05 Å². The molecule has 0 fully saturated rings. The second-order valence-corrected chi connectivity index (χ2v) is 6.05. The van der Waals surface area contributed by atoms with Crippen molar-refractivity contribution < 1.29 is 8.42 Å². The van der Waals surface area contributed by atoms with E-state index in [1.54, 1.807) is 36.3 Å². The van der Waals surface area contributed by atoms with E-state index in [0.717, 1.165) is 5.56 Å². The Morgan fingerprint density at radius 3 is 2.60 bits per heavy atom. The minimum absolute atomic E-state index is 0.00767. The molecular formula is C12H17N5O2S. The molecule has 2 aromatic heterocycles. The van der Waals surface area contributed by atoms with Gasteiger partial charge >= 0.3 is 0 Å². The summed E-state index contributed by atoms with van der Waals surface area (Å²) >= 11 is 0. The minimum atomic E-state index is -3.61. The zero-order valence-electron chi connectivity index (χ0n) is 11.4. The molecule has 7 nitrogen and oxygen atoms in total. The maximum absolute atomic E-state index is 12.1. The number of sulfonamides is 1. The molecule has 20 heavy (non-hydrogen) atoms. The highest BCUT2D eigenvalue weighted by Crippen LogP contribution is 2.07. The van der Waals surface area contributed by atoms with Crippen LogP contribution in [0.5, 0.6) is 0 Å². The monoisotopic (exact) mass is 295 g/mol. The lowest BCUT2D eigenvalue weighted by atomic mass is 10.3. The van der Waals surface area contributed by atoms with E-state index in [0.29, 0.717) is 12.2 Å². The van der Waals surface area contributed by atoms with Gasteiger partial charge in [0.2, 0.25) is 0 Å². The van der Waals surface area contributed by atoms with Crippen molar-refractivity contribution in [2.24, 2.45) is 7.05 Å². The third-order valence-electron chi connectivity index (χ3n) is 2.67. The molecule has 0 aliphatic rings. The number of aromatic nitrogens is 3. The number of rotatable bonds is 6. The molecule has 108 valence electrons. The van der Waals surface area contributed by atoms with Crippen LogP contribution in [0.2, 0.25) is 0 Å². The Morgan fingerprint density at radius 2 is 2.05 bits per heavy atom. The highest BCUT2D eigenvalue weighted by molar-refractivity contribution is 7.89. The first-order valence-corrected chi connectivity index (χ1v) is 7.57. The van der Waals surface area contributed by atoms with Gasteiger partial charge in [0.1, 0.15) is 0 Å². The van der Waals surface area contributed by atoms with E-state index < -0.39 is 10.0 Å². The average molecular weight is 295 g/mol. The molecule has 0 amide bonds. The largest absolute Gasteiger partial charge is 0.316 e. The molecular weight excluding hydrogens is 278 g/mol. The summed E-state index contributed by atoms with van der Waals surface area (Å²) in [6.45, 7) is 0.789. The fourth-order valence-electron chi connectivity index (χ4n) is 1.68. The molecule has 0 aliphatic carbocycles. The quantitative estimate of drug-likeness (QED) is 0.784. The van der Waals surface area contributed by atoms with Crippen LogP contribution in [-0.2, 0) is 30.2 Å². The first-order valence-electron chi connectivity index (χ1n) is 6.09. The van der Waals surface area contributed by atoms with Crippen LogP contribution < -0.4 is 10.0 Å².